The Morgan fingerprint density at radius 2 is 1.67 bits per heavy atom. The van der Waals surface area contributed by atoms with E-state index in [4.69, 9.17) is 16.3 Å². The summed E-state index contributed by atoms with van der Waals surface area (Å²) in [6, 6.07) is 12.6. The normalized spacial score (nSPS) is 17.9. The molecule has 5 nitrogen and oxygen atoms in total. The largest absolute Gasteiger partial charge is 0.497 e. The molecular formula is C24H25ClN2O3. The second-order valence-electron chi connectivity index (χ2n) is 7.95. The van der Waals surface area contributed by atoms with Crippen LogP contribution >= 0.6 is 11.6 Å². The van der Waals surface area contributed by atoms with E-state index in [1.54, 1.807) is 25.3 Å². The van der Waals surface area contributed by atoms with E-state index in [-0.39, 0.29) is 11.8 Å². The fourth-order valence-corrected chi connectivity index (χ4v) is 4.29. The quantitative estimate of drug-likeness (QED) is 0.669. The molecule has 2 aliphatic heterocycles. The van der Waals surface area contributed by atoms with E-state index in [1.165, 1.54) is 4.90 Å². The molecule has 2 aromatic rings. The van der Waals surface area contributed by atoms with E-state index >= 15 is 0 Å². The lowest BCUT2D eigenvalue weighted by molar-refractivity contribution is -0.120. The molecule has 0 radical (unpaired) electrons. The third-order valence-electron chi connectivity index (χ3n) is 6.02. The molecule has 1 saturated heterocycles. The van der Waals surface area contributed by atoms with Crippen molar-refractivity contribution in [2.24, 2.45) is 5.92 Å². The molecule has 0 aromatic heterocycles. The average molecular weight is 425 g/mol. The number of amides is 2. The van der Waals surface area contributed by atoms with E-state index < -0.39 is 0 Å². The van der Waals surface area contributed by atoms with Gasteiger partial charge in [0, 0.05) is 18.1 Å². The molecule has 0 N–H and O–H groups in total. The molecule has 2 aliphatic rings. The molecule has 0 atom stereocenters. The number of piperidine rings is 1. The molecule has 0 unspecified atom stereocenters. The van der Waals surface area contributed by atoms with E-state index in [9.17, 15) is 9.59 Å². The average Bonchev–Trinajstić information content (AvgIpc) is 3.01. The van der Waals surface area contributed by atoms with Crippen molar-refractivity contribution >= 4 is 34.7 Å². The van der Waals surface area contributed by atoms with Crippen LogP contribution < -0.4 is 9.64 Å². The molecule has 156 valence electrons. The van der Waals surface area contributed by atoms with Gasteiger partial charge >= 0.3 is 0 Å². The smallest absolute Gasteiger partial charge is 0.282 e. The molecule has 0 aliphatic carbocycles. The Hall–Kier alpha value is -2.79. The van der Waals surface area contributed by atoms with Crippen LogP contribution in [0.4, 0.5) is 5.69 Å². The van der Waals surface area contributed by atoms with Crippen molar-refractivity contribution in [2.45, 2.75) is 26.7 Å². The summed E-state index contributed by atoms with van der Waals surface area (Å²) in [5, 5.41) is 0.527. The molecule has 2 heterocycles. The fraction of sp³-hybridized carbons (Fsp3) is 0.333. The van der Waals surface area contributed by atoms with Crippen molar-refractivity contribution in [3.8, 4) is 5.75 Å². The highest BCUT2D eigenvalue weighted by Crippen LogP contribution is 2.38. The number of benzene rings is 2. The predicted octanol–water partition coefficient (Wildman–Crippen LogP) is 4.67. The monoisotopic (exact) mass is 424 g/mol. The Bertz CT molecular complexity index is 1020. The van der Waals surface area contributed by atoms with Crippen molar-refractivity contribution in [1.29, 1.82) is 0 Å². The minimum Gasteiger partial charge on any atom is -0.497 e. The summed E-state index contributed by atoms with van der Waals surface area (Å²) < 4.78 is 5.25. The first-order valence-corrected chi connectivity index (χ1v) is 10.6. The summed E-state index contributed by atoms with van der Waals surface area (Å²) in [7, 11) is 1.60. The van der Waals surface area contributed by atoms with Gasteiger partial charge < -0.3 is 9.64 Å². The predicted molar refractivity (Wildman–Crippen MR) is 119 cm³/mol. The van der Waals surface area contributed by atoms with Crippen molar-refractivity contribution in [1.82, 2.24) is 4.90 Å². The maximum atomic E-state index is 13.6. The van der Waals surface area contributed by atoms with Crippen molar-refractivity contribution in [3.63, 3.8) is 0 Å². The van der Waals surface area contributed by atoms with E-state index in [1.807, 2.05) is 31.2 Å². The molecule has 2 amide bonds. The van der Waals surface area contributed by atoms with Crippen LogP contribution in [0.2, 0.25) is 5.02 Å². The lowest BCUT2D eigenvalue weighted by Crippen LogP contribution is -2.38. The van der Waals surface area contributed by atoms with Crippen LogP contribution in [0.5, 0.6) is 5.75 Å². The summed E-state index contributed by atoms with van der Waals surface area (Å²) in [4.78, 5) is 30.5. The zero-order valence-corrected chi connectivity index (χ0v) is 18.2. The maximum absolute atomic E-state index is 13.6. The van der Waals surface area contributed by atoms with Crippen LogP contribution in [0.1, 0.15) is 30.9 Å². The zero-order valence-electron chi connectivity index (χ0n) is 17.4. The number of anilines is 1. The van der Waals surface area contributed by atoms with Crippen LogP contribution in [0, 0.1) is 12.8 Å². The summed E-state index contributed by atoms with van der Waals surface area (Å²) in [6.07, 6.45) is 1.99. The Morgan fingerprint density at radius 3 is 2.30 bits per heavy atom. The third-order valence-corrected chi connectivity index (χ3v) is 6.43. The molecule has 30 heavy (non-hydrogen) atoms. The van der Waals surface area contributed by atoms with Gasteiger partial charge in [-0.1, -0.05) is 36.7 Å². The van der Waals surface area contributed by atoms with Crippen LogP contribution in [-0.2, 0) is 9.59 Å². The molecule has 0 spiro atoms. The van der Waals surface area contributed by atoms with Gasteiger partial charge in [0.1, 0.15) is 11.4 Å². The van der Waals surface area contributed by atoms with Crippen LogP contribution in [-0.4, -0.2) is 36.9 Å². The highest BCUT2D eigenvalue weighted by atomic mass is 35.5. The number of hydrogen-bond donors (Lipinski definition) is 0. The van der Waals surface area contributed by atoms with Gasteiger partial charge in [-0.15, -0.1) is 0 Å². The van der Waals surface area contributed by atoms with Gasteiger partial charge in [0.2, 0.25) is 0 Å². The van der Waals surface area contributed by atoms with Gasteiger partial charge in [-0.25, -0.2) is 4.90 Å². The van der Waals surface area contributed by atoms with Gasteiger partial charge in [-0.2, -0.15) is 0 Å². The lowest BCUT2D eigenvalue weighted by Gasteiger charge is -2.32. The Kier molecular flexibility index (Phi) is 5.56. The fourth-order valence-electron chi connectivity index (χ4n) is 4.12. The first-order chi connectivity index (χ1) is 14.4. The number of rotatable bonds is 4. The Balaban J connectivity index is 1.82. The van der Waals surface area contributed by atoms with Gasteiger partial charge in [0.25, 0.3) is 11.8 Å². The summed E-state index contributed by atoms with van der Waals surface area (Å²) in [5.74, 6) is 0.715. The van der Waals surface area contributed by atoms with Gasteiger partial charge in [0.05, 0.1) is 18.4 Å². The molecule has 0 bridgehead atoms. The van der Waals surface area contributed by atoms with Gasteiger partial charge in [0.15, 0.2) is 0 Å². The van der Waals surface area contributed by atoms with E-state index in [0.29, 0.717) is 44.8 Å². The number of methoxy groups -OCH3 is 1. The minimum absolute atomic E-state index is 0.286. The summed E-state index contributed by atoms with van der Waals surface area (Å²) in [6.45, 7) is 5.57. The lowest BCUT2D eigenvalue weighted by atomic mass is 9.97. The number of hydrogen-bond acceptors (Lipinski definition) is 4. The maximum Gasteiger partial charge on any atom is 0.282 e. The summed E-state index contributed by atoms with van der Waals surface area (Å²) >= 11 is 6.29. The van der Waals surface area contributed by atoms with Crippen molar-refractivity contribution in [3.05, 3.63) is 64.3 Å². The second kappa shape index (κ2) is 8.15. The molecule has 0 saturated carbocycles. The number of carbonyl (C=O) groups excluding carboxylic acids is 2. The zero-order chi connectivity index (χ0) is 21.4. The van der Waals surface area contributed by atoms with E-state index in [0.717, 1.165) is 25.9 Å². The SMILES string of the molecule is COc1ccc(C2=C(N3CCC(C)CC3)C(=O)N(c3cccc(Cl)c3C)C2=O)cc1. The molecule has 2 aromatic carbocycles. The first-order valence-electron chi connectivity index (χ1n) is 10.2. The number of nitrogens with zero attached hydrogens (tertiary/aromatic N) is 2. The molecule has 1 fully saturated rings. The number of halogens is 1. The van der Waals surface area contributed by atoms with Crippen LogP contribution in [0.25, 0.3) is 5.57 Å². The van der Waals surface area contributed by atoms with Crippen LogP contribution in [0.3, 0.4) is 0 Å². The van der Waals surface area contributed by atoms with E-state index in [2.05, 4.69) is 11.8 Å². The van der Waals surface area contributed by atoms with Gasteiger partial charge in [-0.3, -0.25) is 9.59 Å². The van der Waals surface area contributed by atoms with Crippen molar-refractivity contribution < 1.29 is 14.3 Å². The first kappa shape index (κ1) is 20.5. The number of ether oxygens (including phenoxy) is 1. The number of carbonyl (C=O) groups is 2. The van der Waals surface area contributed by atoms with Crippen LogP contribution in [0.15, 0.2) is 48.2 Å². The second-order valence-corrected chi connectivity index (χ2v) is 8.36. The minimum atomic E-state index is -0.316. The Morgan fingerprint density at radius 1 is 1.00 bits per heavy atom. The Labute approximate surface area is 181 Å². The standard InChI is InChI=1S/C24H25ClN2O3/c1-15-11-13-26(14-12-15)22-21(17-7-9-18(30-3)10-8-17)23(28)27(24(22)29)20-6-4-5-19(25)16(20)2/h4-10,15H,11-14H2,1-3H3. The molecule has 4 rings (SSSR count). The molecular weight excluding hydrogens is 400 g/mol. The highest BCUT2D eigenvalue weighted by molar-refractivity contribution is 6.46. The topological polar surface area (TPSA) is 49.9 Å². The third kappa shape index (κ3) is 3.47. The number of likely N-dealkylation sites (tertiary alicyclic amines) is 1. The van der Waals surface area contributed by atoms with Gasteiger partial charge in [-0.05, 0) is 61.1 Å². The highest BCUT2D eigenvalue weighted by Gasteiger charge is 2.43. The van der Waals surface area contributed by atoms with Crippen molar-refractivity contribution in [2.75, 3.05) is 25.1 Å². The number of imide groups is 1. The molecule has 6 heteroatoms. The summed E-state index contributed by atoms with van der Waals surface area (Å²) in [5.41, 5.74) is 2.88.